The minimum Gasteiger partial charge on any atom is -0.480 e. The molecule has 3 rings (SSSR count). The van der Waals surface area contributed by atoms with E-state index in [1.165, 1.54) is 12.1 Å². The molecule has 0 aromatic heterocycles. The lowest BCUT2D eigenvalue weighted by Gasteiger charge is -2.31. The average molecular weight is 343 g/mol. The van der Waals surface area contributed by atoms with Gasteiger partial charge >= 0.3 is 17.8 Å². The number of carbonyl (C=O) groups excluding carboxylic acids is 1. The van der Waals surface area contributed by atoms with Crippen molar-refractivity contribution in [2.24, 2.45) is 16.1 Å². The molecule has 7 nitrogen and oxygen atoms in total. The Morgan fingerprint density at radius 3 is 2.21 bits per heavy atom. The summed E-state index contributed by atoms with van der Waals surface area (Å²) in [6.45, 7) is 0.459. The number of rotatable bonds is 5. The van der Waals surface area contributed by atoms with Crippen LogP contribution in [0.2, 0.25) is 0 Å². The van der Waals surface area contributed by atoms with Gasteiger partial charge in [-0.1, -0.05) is 12.1 Å². The molecular formula is C14H12F3N3O4. The van der Waals surface area contributed by atoms with Gasteiger partial charge < -0.3 is 15.2 Å². The van der Waals surface area contributed by atoms with E-state index in [4.69, 9.17) is 9.84 Å². The molecule has 10 heteroatoms. The molecule has 2 aliphatic rings. The van der Waals surface area contributed by atoms with Crippen molar-refractivity contribution in [3.8, 4) is 0 Å². The standard InChI is InChI=1S/C14H12F3N3O4/c15-14(16,17)13(19-20-13)9-3-1-7(2-4-9)11(21)18-10(12(22)23)8-5-24-6-8/h1-4,8,10H,5-6H2,(H,18,21)(H,22,23). The number of nitrogens with zero attached hydrogens (tertiary/aromatic N) is 2. The maximum Gasteiger partial charge on any atom is 0.442 e. The second kappa shape index (κ2) is 5.55. The smallest absolute Gasteiger partial charge is 0.442 e. The molecule has 0 spiro atoms. The number of hydrogen-bond acceptors (Lipinski definition) is 5. The van der Waals surface area contributed by atoms with Crippen LogP contribution in [0.1, 0.15) is 15.9 Å². The van der Waals surface area contributed by atoms with Gasteiger partial charge in [-0.25, -0.2) is 4.79 Å². The van der Waals surface area contributed by atoms with Crippen LogP contribution in [0.15, 0.2) is 34.5 Å². The first-order chi connectivity index (χ1) is 11.2. The normalized spacial score (nSPS) is 20.1. The molecule has 2 N–H and O–H groups in total. The van der Waals surface area contributed by atoms with E-state index in [0.717, 1.165) is 12.1 Å². The first-order valence-electron chi connectivity index (χ1n) is 6.97. The third kappa shape index (κ3) is 2.73. The Bertz CT molecular complexity index is 692. The van der Waals surface area contributed by atoms with Crippen molar-refractivity contribution in [1.29, 1.82) is 0 Å². The predicted molar refractivity (Wildman–Crippen MR) is 72.2 cm³/mol. The van der Waals surface area contributed by atoms with Crippen molar-refractivity contribution in [3.63, 3.8) is 0 Å². The minimum absolute atomic E-state index is 0.0446. The largest absolute Gasteiger partial charge is 0.480 e. The van der Waals surface area contributed by atoms with Crippen molar-refractivity contribution in [2.75, 3.05) is 13.2 Å². The average Bonchev–Trinajstić information content (AvgIpc) is 3.26. The fraction of sp³-hybridized carbons (Fsp3) is 0.429. The van der Waals surface area contributed by atoms with E-state index in [1.54, 1.807) is 0 Å². The Morgan fingerprint density at radius 1 is 1.25 bits per heavy atom. The first kappa shape index (κ1) is 16.4. The van der Waals surface area contributed by atoms with Crippen molar-refractivity contribution in [2.45, 2.75) is 17.9 Å². The van der Waals surface area contributed by atoms with Gasteiger partial charge in [0.15, 0.2) is 0 Å². The number of aliphatic carboxylic acids is 1. The maximum absolute atomic E-state index is 12.9. The third-order valence-electron chi connectivity index (χ3n) is 3.93. The molecule has 1 aromatic carbocycles. The molecule has 1 unspecified atom stereocenters. The van der Waals surface area contributed by atoms with Crippen LogP contribution in [0.4, 0.5) is 13.2 Å². The summed E-state index contributed by atoms with van der Waals surface area (Å²) in [6, 6.07) is 3.45. The molecule has 1 aromatic rings. The van der Waals surface area contributed by atoms with Gasteiger partial charge in [-0.15, -0.1) is 10.2 Å². The molecule has 1 saturated heterocycles. The van der Waals surface area contributed by atoms with Crippen LogP contribution >= 0.6 is 0 Å². The summed E-state index contributed by atoms with van der Waals surface area (Å²) in [5.41, 5.74) is -2.70. The number of nitrogens with one attached hydrogen (secondary N) is 1. The number of carboxylic acid groups (broad SMARTS) is 1. The van der Waals surface area contributed by atoms with Gasteiger partial charge in [-0.05, 0) is 12.1 Å². The van der Waals surface area contributed by atoms with Crippen LogP contribution < -0.4 is 5.32 Å². The molecular weight excluding hydrogens is 331 g/mol. The predicted octanol–water partition coefficient (Wildman–Crippen LogP) is 1.70. The van der Waals surface area contributed by atoms with Crippen LogP contribution in [-0.4, -0.2) is 42.4 Å². The topological polar surface area (TPSA) is 100 Å². The number of carbonyl (C=O) groups is 2. The molecule has 2 aliphatic heterocycles. The number of alkyl halides is 3. The highest BCUT2D eigenvalue weighted by Crippen LogP contribution is 2.52. The first-order valence-corrected chi connectivity index (χ1v) is 6.97. The highest BCUT2D eigenvalue weighted by atomic mass is 19.4. The number of ether oxygens (including phenoxy) is 1. The number of hydrogen-bond donors (Lipinski definition) is 2. The summed E-state index contributed by atoms with van der Waals surface area (Å²) < 4.78 is 43.6. The lowest BCUT2D eigenvalue weighted by atomic mass is 9.97. The number of benzene rings is 1. The van der Waals surface area contributed by atoms with E-state index < -0.39 is 29.8 Å². The maximum atomic E-state index is 12.9. The highest BCUT2D eigenvalue weighted by Gasteiger charge is 2.65. The van der Waals surface area contributed by atoms with E-state index >= 15 is 0 Å². The van der Waals surface area contributed by atoms with Gasteiger partial charge in [0.05, 0.1) is 13.2 Å². The van der Waals surface area contributed by atoms with E-state index in [0.29, 0.717) is 0 Å². The molecule has 1 atom stereocenters. The fourth-order valence-corrected chi connectivity index (χ4v) is 2.35. The Kier molecular flexibility index (Phi) is 3.78. The van der Waals surface area contributed by atoms with Crippen molar-refractivity contribution in [3.05, 3.63) is 35.4 Å². The molecule has 2 heterocycles. The molecule has 24 heavy (non-hydrogen) atoms. The Morgan fingerprint density at radius 2 is 1.83 bits per heavy atom. The SMILES string of the molecule is O=C(NC(C(=O)O)C1COC1)c1ccc(C2(C(F)(F)F)N=N2)cc1. The van der Waals surface area contributed by atoms with E-state index in [1.807, 2.05) is 0 Å². The Hall–Kier alpha value is -2.49. The van der Waals surface area contributed by atoms with Gasteiger partial charge in [0, 0.05) is 17.0 Å². The molecule has 1 amide bonds. The Labute approximate surface area is 133 Å². The lowest BCUT2D eigenvalue weighted by molar-refractivity contribution is -0.166. The van der Waals surface area contributed by atoms with Crippen LogP contribution in [0.25, 0.3) is 0 Å². The zero-order valence-electron chi connectivity index (χ0n) is 12.1. The van der Waals surface area contributed by atoms with Gasteiger partial charge in [-0.3, -0.25) is 4.79 Å². The van der Waals surface area contributed by atoms with E-state index in [-0.39, 0.29) is 30.3 Å². The summed E-state index contributed by atoms with van der Waals surface area (Å²) in [7, 11) is 0. The summed E-state index contributed by atoms with van der Waals surface area (Å²) >= 11 is 0. The van der Waals surface area contributed by atoms with E-state index in [9.17, 15) is 22.8 Å². The highest BCUT2D eigenvalue weighted by molar-refractivity contribution is 5.96. The Balaban J connectivity index is 1.71. The van der Waals surface area contributed by atoms with Gasteiger partial charge in [0.1, 0.15) is 6.04 Å². The summed E-state index contributed by atoms with van der Waals surface area (Å²) in [5.74, 6) is -2.21. The van der Waals surface area contributed by atoms with Crippen molar-refractivity contribution in [1.82, 2.24) is 5.32 Å². The number of carboxylic acids is 1. The molecule has 1 fully saturated rings. The van der Waals surface area contributed by atoms with Crippen LogP contribution in [-0.2, 0) is 15.2 Å². The molecule has 0 radical (unpaired) electrons. The quantitative estimate of drug-likeness (QED) is 0.850. The molecule has 0 aliphatic carbocycles. The monoisotopic (exact) mass is 343 g/mol. The van der Waals surface area contributed by atoms with Crippen LogP contribution in [0, 0.1) is 5.92 Å². The second-order valence-electron chi connectivity index (χ2n) is 5.53. The van der Waals surface area contributed by atoms with E-state index in [2.05, 4.69) is 15.5 Å². The molecule has 0 saturated carbocycles. The van der Waals surface area contributed by atoms with Gasteiger partial charge in [0.2, 0.25) is 0 Å². The summed E-state index contributed by atoms with van der Waals surface area (Å²) in [5, 5.41) is 17.6. The van der Waals surface area contributed by atoms with Gasteiger partial charge in [-0.2, -0.15) is 13.2 Å². The third-order valence-corrected chi connectivity index (χ3v) is 3.93. The van der Waals surface area contributed by atoms with Crippen molar-refractivity contribution < 1.29 is 32.6 Å². The second-order valence-corrected chi connectivity index (χ2v) is 5.53. The zero-order chi connectivity index (χ0) is 17.5. The van der Waals surface area contributed by atoms with Gasteiger partial charge in [0.25, 0.3) is 5.91 Å². The molecule has 128 valence electrons. The van der Waals surface area contributed by atoms with Crippen LogP contribution in [0.5, 0.6) is 0 Å². The lowest BCUT2D eigenvalue weighted by Crippen LogP contribution is -2.52. The van der Waals surface area contributed by atoms with Crippen molar-refractivity contribution >= 4 is 11.9 Å². The number of amides is 1. The number of halogens is 3. The molecule has 0 bridgehead atoms. The minimum atomic E-state index is -4.64. The fourth-order valence-electron chi connectivity index (χ4n) is 2.35. The summed E-state index contributed by atoms with van der Waals surface area (Å²) in [4.78, 5) is 23.3. The van der Waals surface area contributed by atoms with Crippen LogP contribution in [0.3, 0.4) is 0 Å². The summed E-state index contributed by atoms with van der Waals surface area (Å²) in [6.07, 6.45) is -4.64. The zero-order valence-corrected chi connectivity index (χ0v) is 12.1.